The van der Waals surface area contributed by atoms with Crippen LogP contribution in [0, 0.1) is 0 Å². The molecule has 2 heteroatoms. The van der Waals surface area contributed by atoms with E-state index in [9.17, 15) is 4.79 Å². The minimum absolute atomic E-state index is 0.0434. The third-order valence-electron chi connectivity index (χ3n) is 0.348. The lowest BCUT2D eigenvalue weighted by Gasteiger charge is -2.10. The first kappa shape index (κ1) is 7.02. The van der Waals surface area contributed by atoms with Crippen molar-refractivity contribution in [3.8, 4) is 0 Å². The van der Waals surface area contributed by atoms with Crippen LogP contribution in [0.4, 0.5) is 0 Å². The number of hydrogen-bond donors (Lipinski definition) is 0. The summed E-state index contributed by atoms with van der Waals surface area (Å²) in [5.74, 6) is 0. The Morgan fingerprint density at radius 1 is 1.43 bits per heavy atom. The van der Waals surface area contributed by atoms with Crippen LogP contribution in [0.25, 0.3) is 0 Å². The molecule has 0 aliphatic heterocycles. The molecule has 0 aliphatic rings. The van der Waals surface area contributed by atoms with Gasteiger partial charge >= 0.3 is 0 Å². The first-order chi connectivity index (χ1) is 3.06. The van der Waals surface area contributed by atoms with E-state index in [2.05, 4.69) is 0 Å². The van der Waals surface area contributed by atoms with Gasteiger partial charge in [0.1, 0.15) is 0 Å². The Morgan fingerprint density at radius 2 is 1.86 bits per heavy atom. The summed E-state index contributed by atoms with van der Waals surface area (Å²) in [6.45, 7) is 5.92. The Hall–Kier alpha value is 0.0200. The first-order valence-corrected chi connectivity index (χ1v) is 2.93. The average Bonchev–Trinajstić information content (AvgIpc) is 1.30. The van der Waals surface area contributed by atoms with Gasteiger partial charge in [-0.1, -0.05) is 32.5 Å². The van der Waals surface area contributed by atoms with Crippen LogP contribution in [-0.2, 0) is 4.79 Å². The molecule has 1 nitrogen and oxygen atoms in total. The Kier molecular flexibility index (Phi) is 2.37. The highest BCUT2D eigenvalue weighted by Gasteiger charge is 2.08. The number of carbonyl (C=O) groups excluding carboxylic acids is 1. The molecule has 0 aliphatic carbocycles. The summed E-state index contributed by atoms with van der Waals surface area (Å²) in [7, 11) is 0. The second-order valence-electron chi connectivity index (χ2n) is 2.30. The lowest BCUT2D eigenvalue weighted by molar-refractivity contribution is 0.569. The molecule has 0 bridgehead atoms. The van der Waals surface area contributed by atoms with Crippen molar-refractivity contribution in [3.05, 3.63) is 0 Å². The minimum atomic E-state index is 0.0434. The Labute approximate surface area is 48.5 Å². The molecular formula is C5H9OS. The van der Waals surface area contributed by atoms with Crippen molar-refractivity contribution in [2.24, 2.45) is 0 Å². The molecule has 0 rings (SSSR count). The summed E-state index contributed by atoms with van der Waals surface area (Å²) in [6, 6.07) is 0. The van der Waals surface area contributed by atoms with Crippen LogP contribution >= 0.6 is 11.8 Å². The van der Waals surface area contributed by atoms with E-state index < -0.39 is 0 Å². The Bertz CT molecular complexity index is 63.0. The molecule has 1 radical (unpaired) electrons. The third kappa shape index (κ3) is 6.02. The van der Waals surface area contributed by atoms with Crippen LogP contribution < -0.4 is 0 Å². The van der Waals surface area contributed by atoms with Gasteiger partial charge in [-0.3, -0.25) is 4.79 Å². The van der Waals surface area contributed by atoms with Crippen LogP contribution in [0.1, 0.15) is 20.8 Å². The van der Waals surface area contributed by atoms with Crippen LogP contribution in [0.3, 0.4) is 0 Å². The molecule has 0 unspecified atom stereocenters. The minimum Gasteiger partial charge on any atom is -0.277 e. The van der Waals surface area contributed by atoms with Crippen LogP contribution in [0.15, 0.2) is 0 Å². The highest BCUT2D eigenvalue weighted by atomic mass is 32.2. The SMILES string of the molecule is CC(C)(C)S[C]=O. The number of thioether (sulfide) groups is 1. The summed E-state index contributed by atoms with van der Waals surface area (Å²) in [4.78, 5) is 9.66. The lowest BCUT2D eigenvalue weighted by Crippen LogP contribution is -2.06. The zero-order chi connectivity index (χ0) is 5.91. The van der Waals surface area contributed by atoms with Gasteiger partial charge in [0.05, 0.1) is 0 Å². The standard InChI is InChI=1S/C5H9OS/c1-5(2,3)7-4-6/h1-3H3. The van der Waals surface area contributed by atoms with Crippen LogP contribution in [-0.4, -0.2) is 10.4 Å². The van der Waals surface area contributed by atoms with Gasteiger partial charge in [0.15, 0.2) is 0 Å². The van der Waals surface area contributed by atoms with E-state index in [1.165, 1.54) is 11.8 Å². The maximum atomic E-state index is 9.66. The lowest BCUT2D eigenvalue weighted by atomic mass is 10.3. The summed E-state index contributed by atoms with van der Waals surface area (Å²) in [6.07, 6.45) is 0. The molecule has 0 fully saturated rings. The molecule has 0 amide bonds. The van der Waals surface area contributed by atoms with Gasteiger partial charge in [-0.15, -0.1) is 0 Å². The third-order valence-corrected chi connectivity index (χ3v) is 1.04. The van der Waals surface area contributed by atoms with E-state index >= 15 is 0 Å². The van der Waals surface area contributed by atoms with Crippen molar-refractivity contribution in [1.29, 1.82) is 0 Å². The van der Waals surface area contributed by atoms with E-state index in [1.54, 1.807) is 5.62 Å². The predicted octanol–water partition coefficient (Wildman–Crippen LogP) is 1.59. The fraction of sp³-hybridized carbons (Fsp3) is 0.800. The van der Waals surface area contributed by atoms with Gasteiger partial charge in [0.2, 0.25) is 0 Å². The summed E-state index contributed by atoms with van der Waals surface area (Å²) in [5.41, 5.74) is 1.77. The first-order valence-electron chi connectivity index (χ1n) is 2.11. The van der Waals surface area contributed by atoms with Gasteiger partial charge in [-0.2, -0.15) is 0 Å². The maximum absolute atomic E-state index is 9.66. The molecule has 0 aromatic rings. The topological polar surface area (TPSA) is 17.1 Å². The molecule has 7 heavy (non-hydrogen) atoms. The Balaban J connectivity index is 3.34. The van der Waals surface area contributed by atoms with Crippen molar-refractivity contribution in [2.45, 2.75) is 25.5 Å². The fourth-order valence-corrected chi connectivity index (χ4v) is 0.375. The van der Waals surface area contributed by atoms with E-state index in [4.69, 9.17) is 0 Å². The van der Waals surface area contributed by atoms with E-state index in [0.29, 0.717) is 0 Å². The van der Waals surface area contributed by atoms with Gasteiger partial charge < -0.3 is 0 Å². The predicted molar refractivity (Wildman–Crippen MR) is 33.0 cm³/mol. The van der Waals surface area contributed by atoms with Crippen LogP contribution in [0.5, 0.6) is 0 Å². The molecule has 0 saturated carbocycles. The monoisotopic (exact) mass is 117 g/mol. The number of rotatable bonds is 1. The van der Waals surface area contributed by atoms with Gasteiger partial charge in [-0.05, 0) is 0 Å². The average molecular weight is 117 g/mol. The van der Waals surface area contributed by atoms with Crippen molar-refractivity contribution >= 4 is 17.4 Å². The van der Waals surface area contributed by atoms with Gasteiger partial charge in [0, 0.05) is 4.75 Å². The van der Waals surface area contributed by atoms with Gasteiger partial charge in [0.25, 0.3) is 5.62 Å². The molecule has 0 atom stereocenters. The normalized spacial score (nSPS) is 11.3. The second-order valence-corrected chi connectivity index (χ2v) is 3.89. The molecule has 0 N–H and O–H groups in total. The van der Waals surface area contributed by atoms with E-state index in [1.807, 2.05) is 20.8 Å². The highest BCUT2D eigenvalue weighted by molar-refractivity contribution is 8.13. The number of hydrogen-bond acceptors (Lipinski definition) is 2. The van der Waals surface area contributed by atoms with Crippen molar-refractivity contribution in [1.82, 2.24) is 0 Å². The second kappa shape index (κ2) is 2.36. The Morgan fingerprint density at radius 3 is 1.86 bits per heavy atom. The molecule has 0 spiro atoms. The van der Waals surface area contributed by atoms with Crippen molar-refractivity contribution in [3.63, 3.8) is 0 Å². The van der Waals surface area contributed by atoms with Crippen molar-refractivity contribution < 1.29 is 4.79 Å². The molecule has 0 aromatic carbocycles. The summed E-state index contributed by atoms with van der Waals surface area (Å²) >= 11 is 1.18. The molecule has 0 aromatic heterocycles. The van der Waals surface area contributed by atoms with E-state index in [0.717, 1.165) is 0 Å². The smallest absolute Gasteiger partial charge is 0.266 e. The largest absolute Gasteiger partial charge is 0.277 e. The summed E-state index contributed by atoms with van der Waals surface area (Å²) < 4.78 is 0.0434. The van der Waals surface area contributed by atoms with Gasteiger partial charge in [-0.25, -0.2) is 0 Å². The quantitative estimate of drug-likeness (QED) is 0.518. The van der Waals surface area contributed by atoms with E-state index in [-0.39, 0.29) is 4.75 Å². The van der Waals surface area contributed by atoms with Crippen LogP contribution in [0.2, 0.25) is 0 Å². The maximum Gasteiger partial charge on any atom is 0.266 e. The highest BCUT2D eigenvalue weighted by Crippen LogP contribution is 2.19. The van der Waals surface area contributed by atoms with Crippen molar-refractivity contribution in [2.75, 3.05) is 0 Å². The zero-order valence-electron chi connectivity index (χ0n) is 4.82. The molecule has 0 saturated heterocycles. The summed E-state index contributed by atoms with van der Waals surface area (Å²) in [5, 5.41) is 0. The fourth-order valence-electron chi connectivity index (χ4n) is 0.125. The zero-order valence-corrected chi connectivity index (χ0v) is 5.63. The molecule has 0 heterocycles. The molecule has 41 valence electrons. The molecular weight excluding hydrogens is 108 g/mol.